The van der Waals surface area contributed by atoms with Crippen molar-refractivity contribution in [3.8, 4) is 135 Å². The van der Waals surface area contributed by atoms with Gasteiger partial charge in [-0.25, -0.2) is 4.98 Å². The number of para-hydroxylation sites is 3. The van der Waals surface area contributed by atoms with Crippen LogP contribution in [0.25, 0.3) is 167 Å². The zero-order chi connectivity index (χ0) is 64.1. The fraction of sp³-hybridized carbons (Fsp3) is 0. The van der Waals surface area contributed by atoms with Gasteiger partial charge in [-0.2, -0.15) is 10.5 Å². The fourth-order valence-corrected chi connectivity index (χ4v) is 14.9. The third kappa shape index (κ3) is 9.42. The molecule has 5 nitrogen and oxygen atoms in total. The minimum Gasteiger partial charge on any atom is -0.309 e. The fourth-order valence-electron chi connectivity index (χ4n) is 14.9. The number of hydrogen-bond donors (Lipinski definition) is 0. The van der Waals surface area contributed by atoms with E-state index < -0.39 is 0 Å². The highest BCUT2D eigenvalue weighted by Crippen LogP contribution is 2.57. The van der Waals surface area contributed by atoms with Crippen LogP contribution in [0.15, 0.2) is 346 Å². The number of fused-ring (bicyclic) bond motifs is 7. The zero-order valence-corrected chi connectivity index (χ0v) is 52.1. The van der Waals surface area contributed by atoms with Gasteiger partial charge in [0.2, 0.25) is 0 Å². The molecule has 0 amide bonds. The minimum atomic E-state index is 0.551. The van der Waals surface area contributed by atoms with Gasteiger partial charge < -0.3 is 4.57 Å². The summed E-state index contributed by atoms with van der Waals surface area (Å²) in [6, 6.07) is 127. The highest BCUT2D eigenvalue weighted by Gasteiger charge is 2.33. The molecule has 17 rings (SSSR count). The van der Waals surface area contributed by atoms with Crippen LogP contribution in [-0.4, -0.2) is 14.1 Å². The molecule has 0 N–H and O–H groups in total. The number of hydrogen-bond acceptors (Lipinski definition) is 3. The molecule has 3 heterocycles. The van der Waals surface area contributed by atoms with Crippen molar-refractivity contribution >= 4 is 43.6 Å². The Morgan fingerprint density at radius 1 is 0.240 bits per heavy atom. The second-order valence-electron chi connectivity index (χ2n) is 24.1. The lowest BCUT2D eigenvalue weighted by Crippen LogP contribution is -2.06. The third-order valence-electron chi connectivity index (χ3n) is 18.8. The van der Waals surface area contributed by atoms with E-state index in [1.807, 2.05) is 24.3 Å². The van der Waals surface area contributed by atoms with Crippen molar-refractivity contribution in [1.29, 1.82) is 10.5 Å². The van der Waals surface area contributed by atoms with Crippen molar-refractivity contribution in [1.82, 2.24) is 14.1 Å². The Morgan fingerprint density at radius 2 is 0.552 bits per heavy atom. The molecule has 0 aliphatic rings. The maximum Gasteiger partial charge on any atom is 0.138 e. The van der Waals surface area contributed by atoms with Gasteiger partial charge in [-0.05, 0) is 109 Å². The van der Waals surface area contributed by atoms with E-state index >= 15 is 0 Å². The summed E-state index contributed by atoms with van der Waals surface area (Å²) in [5.41, 5.74) is 23.7. The predicted octanol–water partition coefficient (Wildman–Crippen LogP) is 23.7. The van der Waals surface area contributed by atoms with E-state index in [4.69, 9.17) is 4.98 Å². The lowest BCUT2D eigenvalue weighted by atomic mass is 9.75. The largest absolute Gasteiger partial charge is 0.309 e. The van der Waals surface area contributed by atoms with E-state index in [-0.39, 0.29) is 0 Å². The lowest BCUT2D eigenvalue weighted by Gasteiger charge is -2.28. The molecule has 0 spiro atoms. The van der Waals surface area contributed by atoms with Gasteiger partial charge in [0.1, 0.15) is 18.0 Å². The molecule has 0 aliphatic carbocycles. The van der Waals surface area contributed by atoms with E-state index in [1.54, 1.807) is 0 Å². The Morgan fingerprint density at radius 3 is 0.938 bits per heavy atom. The van der Waals surface area contributed by atoms with Crippen molar-refractivity contribution in [3.05, 3.63) is 357 Å². The molecule has 5 heteroatoms. The van der Waals surface area contributed by atoms with Crippen molar-refractivity contribution in [2.75, 3.05) is 0 Å². The van der Waals surface area contributed by atoms with Gasteiger partial charge in [-0.1, -0.05) is 303 Å². The Kier molecular flexibility index (Phi) is 14.3. The van der Waals surface area contributed by atoms with Crippen LogP contribution < -0.4 is 0 Å². The van der Waals surface area contributed by atoms with E-state index in [2.05, 4.69) is 343 Å². The molecule has 96 heavy (non-hydrogen) atoms. The number of rotatable bonds is 12. The summed E-state index contributed by atoms with van der Waals surface area (Å²) in [5.74, 6) is 0.672. The van der Waals surface area contributed by atoms with E-state index in [0.29, 0.717) is 22.6 Å². The molecule has 0 unspecified atom stereocenters. The van der Waals surface area contributed by atoms with Crippen molar-refractivity contribution in [3.63, 3.8) is 0 Å². The summed E-state index contributed by atoms with van der Waals surface area (Å²) in [6.07, 6.45) is 0. The molecule has 0 fully saturated rings. The highest BCUT2D eigenvalue weighted by atomic mass is 15.1. The summed E-state index contributed by atoms with van der Waals surface area (Å²) in [5, 5.41) is 28.8. The second-order valence-corrected chi connectivity index (χ2v) is 24.1. The molecule has 0 saturated carbocycles. The van der Waals surface area contributed by atoms with Crippen LogP contribution in [0.2, 0.25) is 0 Å². The van der Waals surface area contributed by atoms with Crippen molar-refractivity contribution in [2.45, 2.75) is 0 Å². The number of pyridine rings is 1. The first-order chi connectivity index (χ1) is 47.6. The minimum absolute atomic E-state index is 0.551. The average molecular weight is 1220 g/mol. The molecular weight excluding hydrogens is 1160 g/mol. The van der Waals surface area contributed by atoms with Gasteiger partial charge in [-0.3, -0.25) is 4.57 Å². The maximum atomic E-state index is 12.2. The van der Waals surface area contributed by atoms with Crippen LogP contribution in [0.1, 0.15) is 11.1 Å². The molecular formula is C91H57N5. The smallest absolute Gasteiger partial charge is 0.138 e. The van der Waals surface area contributed by atoms with Gasteiger partial charge >= 0.3 is 0 Å². The second kappa shape index (κ2) is 24.1. The molecule has 0 aliphatic heterocycles. The van der Waals surface area contributed by atoms with Gasteiger partial charge in [0.15, 0.2) is 0 Å². The molecule has 0 saturated heterocycles. The topological polar surface area (TPSA) is 70.3 Å². The van der Waals surface area contributed by atoms with Crippen LogP contribution >= 0.6 is 0 Å². The normalized spacial score (nSPS) is 11.3. The molecule has 14 aromatic carbocycles. The SMILES string of the molecule is N#Cc1c(-c2ccccc2)c(-c2ccccc2)c(-c2cc(-c3c(-c4ccccc4)c(-c4ccccc4)c(C#N)c(-c4ccccc4)c3-c3ccccc3)nc(-n3c4ccccc4c4c3ccc3c5ccccc5n(-c5ccccc5)c34)c2)c(-c2ccccc2)c1-c1ccccc1. The van der Waals surface area contributed by atoms with Gasteiger partial charge in [0.05, 0.1) is 38.9 Å². The Hall–Kier alpha value is -13.2. The molecule has 0 radical (unpaired) electrons. The van der Waals surface area contributed by atoms with Crippen molar-refractivity contribution in [2.24, 2.45) is 0 Å². The quantitative estimate of drug-likeness (QED) is 0.122. The van der Waals surface area contributed by atoms with E-state index in [9.17, 15) is 10.5 Å². The summed E-state index contributed by atoms with van der Waals surface area (Å²) in [7, 11) is 0. The summed E-state index contributed by atoms with van der Waals surface area (Å²) >= 11 is 0. The molecule has 446 valence electrons. The predicted molar refractivity (Wildman–Crippen MR) is 397 cm³/mol. The number of benzene rings is 14. The highest BCUT2D eigenvalue weighted by molar-refractivity contribution is 6.26. The van der Waals surface area contributed by atoms with Gasteiger partial charge in [0.25, 0.3) is 0 Å². The van der Waals surface area contributed by atoms with Crippen LogP contribution in [-0.2, 0) is 0 Å². The maximum absolute atomic E-state index is 12.2. The summed E-state index contributed by atoms with van der Waals surface area (Å²) < 4.78 is 4.80. The molecule has 3 aromatic heterocycles. The Labute approximate surface area is 556 Å². The first kappa shape index (κ1) is 56.8. The molecule has 17 aromatic rings. The first-order valence-corrected chi connectivity index (χ1v) is 32.4. The molecule has 0 bridgehead atoms. The standard InChI is InChI=1S/C91H57N5/c92-58-73-80(60-32-10-1-11-33-60)84(64-40-18-5-19-41-64)88(85(65-42-20-6-21-43-65)81(73)61-34-12-2-13-35-61)68-56-75(94-79(57-68)96-77-53-31-29-51-72(77)89-78(96)55-54-71-70-50-28-30-52-76(70)95(91(71)89)69-48-26-9-27-49-69)90-86(66-44-22-7-23-45-66)82(62-36-14-3-15-37-62)74(59-93)83(63-38-16-4-17-39-63)87(90)67-46-24-8-25-47-67/h1-57H. The number of aromatic nitrogens is 3. The van der Waals surface area contributed by atoms with Gasteiger partial charge in [0, 0.05) is 66.2 Å². The van der Waals surface area contributed by atoms with Crippen LogP contribution in [0.4, 0.5) is 0 Å². The number of nitrogens with zero attached hydrogens (tertiary/aromatic N) is 5. The zero-order valence-electron chi connectivity index (χ0n) is 52.1. The van der Waals surface area contributed by atoms with Gasteiger partial charge in [-0.15, -0.1) is 0 Å². The lowest BCUT2D eigenvalue weighted by molar-refractivity contribution is 1.08. The molecule has 0 atom stereocenters. The number of nitriles is 2. The summed E-state index contributed by atoms with van der Waals surface area (Å²) in [4.78, 5) is 6.29. The van der Waals surface area contributed by atoms with Crippen LogP contribution in [0.5, 0.6) is 0 Å². The first-order valence-electron chi connectivity index (χ1n) is 32.4. The van der Waals surface area contributed by atoms with Crippen LogP contribution in [0, 0.1) is 22.7 Å². The van der Waals surface area contributed by atoms with Crippen molar-refractivity contribution < 1.29 is 0 Å². The monoisotopic (exact) mass is 1220 g/mol. The Bertz CT molecular complexity index is 5440. The van der Waals surface area contributed by atoms with E-state index in [0.717, 1.165) is 155 Å². The summed E-state index contributed by atoms with van der Waals surface area (Å²) in [6.45, 7) is 0. The van der Waals surface area contributed by atoms with E-state index in [1.165, 1.54) is 0 Å². The Balaban J connectivity index is 1.15. The van der Waals surface area contributed by atoms with Crippen LogP contribution in [0.3, 0.4) is 0 Å². The average Bonchev–Trinajstić information content (AvgIpc) is 0.999. The third-order valence-corrected chi connectivity index (χ3v) is 18.8.